The van der Waals surface area contributed by atoms with Crippen molar-refractivity contribution in [1.82, 2.24) is 20.5 Å². The van der Waals surface area contributed by atoms with Crippen LogP contribution in [0.5, 0.6) is 0 Å². The van der Waals surface area contributed by atoms with Crippen molar-refractivity contribution in [2.24, 2.45) is 4.99 Å². The first-order chi connectivity index (χ1) is 11.7. The molecule has 0 spiro atoms. The molecular formula is C18H33N5S. The van der Waals surface area contributed by atoms with Gasteiger partial charge in [0, 0.05) is 49.7 Å². The van der Waals surface area contributed by atoms with Crippen LogP contribution in [-0.4, -0.2) is 54.6 Å². The molecule has 0 aromatic carbocycles. The van der Waals surface area contributed by atoms with Gasteiger partial charge in [0.15, 0.2) is 5.96 Å². The lowest BCUT2D eigenvalue weighted by atomic mass is 10.0. The van der Waals surface area contributed by atoms with E-state index in [-0.39, 0.29) is 0 Å². The first-order valence-corrected chi connectivity index (χ1v) is 10.2. The van der Waals surface area contributed by atoms with Gasteiger partial charge in [-0.25, -0.2) is 4.98 Å². The summed E-state index contributed by atoms with van der Waals surface area (Å²) in [5, 5.41) is 8.17. The highest BCUT2D eigenvalue weighted by Gasteiger charge is 2.19. The Bertz CT molecular complexity index is 491. The van der Waals surface area contributed by atoms with E-state index >= 15 is 0 Å². The summed E-state index contributed by atoms with van der Waals surface area (Å²) in [6.45, 7) is 11.8. The number of aryl methyl sites for hydroxylation is 1. The Morgan fingerprint density at radius 3 is 2.79 bits per heavy atom. The summed E-state index contributed by atoms with van der Waals surface area (Å²) < 4.78 is 0. The van der Waals surface area contributed by atoms with Crippen molar-refractivity contribution in [2.75, 3.05) is 32.7 Å². The zero-order chi connectivity index (χ0) is 17.2. The molecule has 1 aromatic heterocycles. The summed E-state index contributed by atoms with van der Waals surface area (Å²) >= 11 is 1.77. The number of hydrogen-bond donors (Lipinski definition) is 2. The summed E-state index contributed by atoms with van der Waals surface area (Å²) in [6, 6.07) is 0.544. The van der Waals surface area contributed by atoms with Gasteiger partial charge >= 0.3 is 0 Å². The number of nitrogens with one attached hydrogen (secondary N) is 2. The Hall–Kier alpha value is -1.14. The maximum Gasteiger partial charge on any atom is 0.191 e. The van der Waals surface area contributed by atoms with Crippen molar-refractivity contribution in [3.63, 3.8) is 0 Å². The molecule has 1 fully saturated rings. The standard InChI is InChI=1S/C18H33N5S/c1-4-6-11-23-12-8-16(9-13-23)22-18(19-5-2)20-10-7-17-21-14-15(3)24-17/h14,16H,4-13H2,1-3H3,(H2,19,20,22). The second kappa shape index (κ2) is 10.7. The van der Waals surface area contributed by atoms with E-state index in [0.717, 1.165) is 25.5 Å². The molecule has 136 valence electrons. The average Bonchev–Trinajstić information content (AvgIpc) is 3.00. The van der Waals surface area contributed by atoms with Gasteiger partial charge in [0.05, 0.1) is 5.01 Å². The first-order valence-electron chi connectivity index (χ1n) is 9.39. The fraction of sp³-hybridized carbons (Fsp3) is 0.778. The molecule has 0 amide bonds. The van der Waals surface area contributed by atoms with E-state index in [4.69, 9.17) is 4.99 Å². The van der Waals surface area contributed by atoms with Gasteiger partial charge in [0.25, 0.3) is 0 Å². The molecule has 5 nitrogen and oxygen atoms in total. The number of aromatic nitrogens is 1. The monoisotopic (exact) mass is 351 g/mol. The quantitative estimate of drug-likeness (QED) is 0.559. The molecule has 2 heterocycles. The van der Waals surface area contributed by atoms with Crippen LogP contribution in [0.4, 0.5) is 0 Å². The van der Waals surface area contributed by atoms with Crippen molar-refractivity contribution in [3.8, 4) is 0 Å². The van der Waals surface area contributed by atoms with Gasteiger partial charge in [-0.2, -0.15) is 0 Å². The lowest BCUT2D eigenvalue weighted by Gasteiger charge is -2.33. The third-order valence-corrected chi connectivity index (χ3v) is 5.34. The van der Waals surface area contributed by atoms with Gasteiger partial charge in [-0.15, -0.1) is 11.3 Å². The van der Waals surface area contributed by atoms with Gasteiger partial charge in [0.2, 0.25) is 0 Å². The van der Waals surface area contributed by atoms with E-state index in [9.17, 15) is 0 Å². The predicted molar refractivity (Wildman–Crippen MR) is 104 cm³/mol. The van der Waals surface area contributed by atoms with Crippen LogP contribution in [0.3, 0.4) is 0 Å². The second-order valence-corrected chi connectivity index (χ2v) is 7.81. The van der Waals surface area contributed by atoms with Crippen LogP contribution in [0.2, 0.25) is 0 Å². The minimum absolute atomic E-state index is 0.544. The van der Waals surface area contributed by atoms with Crippen molar-refractivity contribution in [1.29, 1.82) is 0 Å². The van der Waals surface area contributed by atoms with Crippen LogP contribution in [0.1, 0.15) is 49.4 Å². The number of hydrogen-bond acceptors (Lipinski definition) is 4. The van der Waals surface area contributed by atoms with Crippen molar-refractivity contribution in [3.05, 3.63) is 16.1 Å². The van der Waals surface area contributed by atoms with E-state index in [2.05, 4.69) is 41.3 Å². The Morgan fingerprint density at radius 1 is 1.38 bits per heavy atom. The Labute approximate surface area is 151 Å². The molecule has 0 saturated carbocycles. The summed E-state index contributed by atoms with van der Waals surface area (Å²) in [7, 11) is 0. The number of piperidine rings is 1. The number of thiazole rings is 1. The highest BCUT2D eigenvalue weighted by atomic mass is 32.1. The molecule has 1 saturated heterocycles. The Kier molecular flexibility index (Phi) is 8.53. The smallest absolute Gasteiger partial charge is 0.191 e. The minimum Gasteiger partial charge on any atom is -0.357 e. The molecule has 0 atom stereocenters. The fourth-order valence-electron chi connectivity index (χ4n) is 2.98. The highest BCUT2D eigenvalue weighted by molar-refractivity contribution is 7.11. The maximum absolute atomic E-state index is 4.73. The number of aliphatic imine (C=N–C) groups is 1. The zero-order valence-corrected chi connectivity index (χ0v) is 16.3. The summed E-state index contributed by atoms with van der Waals surface area (Å²) in [6.07, 6.45) is 7.89. The number of rotatable bonds is 8. The topological polar surface area (TPSA) is 52.5 Å². The molecule has 0 radical (unpaired) electrons. The highest BCUT2D eigenvalue weighted by Crippen LogP contribution is 2.12. The van der Waals surface area contributed by atoms with Crippen LogP contribution in [-0.2, 0) is 6.42 Å². The molecule has 24 heavy (non-hydrogen) atoms. The summed E-state index contributed by atoms with van der Waals surface area (Å²) in [5.41, 5.74) is 0. The van der Waals surface area contributed by atoms with E-state index < -0.39 is 0 Å². The third-order valence-electron chi connectivity index (χ3n) is 4.37. The molecule has 0 unspecified atom stereocenters. The third kappa shape index (κ3) is 6.77. The van der Waals surface area contributed by atoms with Crippen LogP contribution < -0.4 is 10.6 Å². The van der Waals surface area contributed by atoms with Crippen molar-refractivity contribution < 1.29 is 0 Å². The van der Waals surface area contributed by atoms with E-state index in [0.29, 0.717) is 6.04 Å². The van der Waals surface area contributed by atoms with Crippen molar-refractivity contribution >= 4 is 17.3 Å². The zero-order valence-electron chi connectivity index (χ0n) is 15.5. The normalized spacial score (nSPS) is 17.2. The number of likely N-dealkylation sites (tertiary alicyclic amines) is 1. The first kappa shape index (κ1) is 19.2. The summed E-state index contributed by atoms with van der Waals surface area (Å²) in [4.78, 5) is 13.0. The molecule has 1 aromatic rings. The van der Waals surface area contributed by atoms with Gasteiger partial charge in [0.1, 0.15) is 0 Å². The van der Waals surface area contributed by atoms with Crippen LogP contribution in [0.25, 0.3) is 0 Å². The van der Waals surface area contributed by atoms with E-state index in [1.54, 1.807) is 11.3 Å². The predicted octanol–water partition coefficient (Wildman–Crippen LogP) is 2.81. The molecular weight excluding hydrogens is 318 g/mol. The maximum atomic E-state index is 4.73. The second-order valence-electron chi connectivity index (χ2n) is 6.49. The molecule has 6 heteroatoms. The minimum atomic E-state index is 0.544. The van der Waals surface area contributed by atoms with E-state index in [1.165, 1.54) is 55.2 Å². The molecule has 2 N–H and O–H groups in total. The molecule has 1 aliphatic heterocycles. The van der Waals surface area contributed by atoms with E-state index in [1.807, 2.05) is 6.20 Å². The summed E-state index contributed by atoms with van der Waals surface area (Å²) in [5.74, 6) is 0.956. The van der Waals surface area contributed by atoms with Gasteiger partial charge in [-0.05, 0) is 39.7 Å². The molecule has 1 aliphatic rings. The van der Waals surface area contributed by atoms with Crippen LogP contribution >= 0.6 is 11.3 Å². The molecule has 2 rings (SSSR count). The number of nitrogens with zero attached hydrogens (tertiary/aromatic N) is 3. The van der Waals surface area contributed by atoms with Gasteiger partial charge < -0.3 is 15.5 Å². The fourth-order valence-corrected chi connectivity index (χ4v) is 3.75. The van der Waals surface area contributed by atoms with Gasteiger partial charge in [-0.1, -0.05) is 13.3 Å². The number of unbranched alkanes of at least 4 members (excludes halogenated alkanes) is 1. The number of guanidine groups is 1. The lowest BCUT2D eigenvalue weighted by molar-refractivity contribution is 0.203. The SMILES string of the molecule is CCCCN1CCC(NC(=NCCc2ncc(C)s2)NCC)CC1. The Balaban J connectivity index is 1.75. The molecule has 0 aliphatic carbocycles. The average molecular weight is 352 g/mol. The van der Waals surface area contributed by atoms with Crippen LogP contribution in [0.15, 0.2) is 11.2 Å². The van der Waals surface area contributed by atoms with Gasteiger partial charge in [-0.3, -0.25) is 4.99 Å². The lowest BCUT2D eigenvalue weighted by Crippen LogP contribution is -2.48. The van der Waals surface area contributed by atoms with Crippen LogP contribution in [0, 0.1) is 6.92 Å². The molecule has 0 bridgehead atoms. The Morgan fingerprint density at radius 2 is 2.17 bits per heavy atom. The van der Waals surface area contributed by atoms with Crippen molar-refractivity contribution in [2.45, 2.75) is 58.9 Å². The largest absolute Gasteiger partial charge is 0.357 e.